The van der Waals surface area contributed by atoms with Crippen molar-refractivity contribution in [3.63, 3.8) is 0 Å². The van der Waals surface area contributed by atoms with Crippen molar-refractivity contribution >= 4 is 5.78 Å². The topological polar surface area (TPSA) is 86.6 Å². The van der Waals surface area contributed by atoms with Crippen molar-refractivity contribution in [2.75, 3.05) is 19.6 Å². The van der Waals surface area contributed by atoms with Gasteiger partial charge in [0.15, 0.2) is 11.6 Å². The van der Waals surface area contributed by atoms with Crippen molar-refractivity contribution in [3.8, 4) is 5.75 Å². The van der Waals surface area contributed by atoms with Crippen LogP contribution in [0, 0.1) is 11.8 Å². The van der Waals surface area contributed by atoms with Gasteiger partial charge in [-0.2, -0.15) is 0 Å². The largest absolute Gasteiger partial charge is 0.505 e. The molecule has 1 aromatic carbocycles. The summed E-state index contributed by atoms with van der Waals surface area (Å²) in [4.78, 5) is 22.1. The molecule has 1 aliphatic heterocycles. The van der Waals surface area contributed by atoms with E-state index < -0.39 is 5.60 Å². The highest BCUT2D eigenvalue weighted by atomic mass is 16.3. The molecule has 130 valence electrons. The molecule has 1 saturated carbocycles. The molecule has 6 nitrogen and oxygen atoms in total. The fourth-order valence-corrected chi connectivity index (χ4v) is 4.24. The zero-order chi connectivity index (χ0) is 17.4. The van der Waals surface area contributed by atoms with Gasteiger partial charge in [-0.1, -0.05) is 30.3 Å². The van der Waals surface area contributed by atoms with Gasteiger partial charge in [-0.25, -0.2) is 9.97 Å². The third-order valence-corrected chi connectivity index (χ3v) is 5.43. The summed E-state index contributed by atoms with van der Waals surface area (Å²) in [6, 6.07) is 10.1. The number of hydrogen-bond donors (Lipinski definition) is 2. The first kappa shape index (κ1) is 16.2. The quantitative estimate of drug-likeness (QED) is 0.799. The van der Waals surface area contributed by atoms with Gasteiger partial charge in [0.2, 0.25) is 5.78 Å². The molecule has 2 aliphatic rings. The maximum Gasteiger partial charge on any atom is 0.213 e. The molecular weight excluding hydrogens is 318 g/mol. The Morgan fingerprint density at radius 3 is 2.64 bits per heavy atom. The SMILES string of the molecule is O=C(CN1C[C@H]2C[C@](O)(Cc3ccccc3)[C@H]2C1)c1ncc(O)cn1. The van der Waals surface area contributed by atoms with Crippen LogP contribution in [-0.2, 0) is 6.42 Å². The molecule has 1 aromatic heterocycles. The molecule has 2 heterocycles. The van der Waals surface area contributed by atoms with Gasteiger partial charge in [0, 0.05) is 25.4 Å². The van der Waals surface area contributed by atoms with E-state index in [-0.39, 0.29) is 29.8 Å². The summed E-state index contributed by atoms with van der Waals surface area (Å²) in [5.41, 5.74) is 0.481. The van der Waals surface area contributed by atoms with Gasteiger partial charge in [-0.15, -0.1) is 0 Å². The van der Waals surface area contributed by atoms with E-state index >= 15 is 0 Å². The maximum absolute atomic E-state index is 12.3. The Balaban J connectivity index is 1.37. The average molecular weight is 339 g/mol. The third-order valence-electron chi connectivity index (χ3n) is 5.43. The van der Waals surface area contributed by atoms with Crippen molar-refractivity contribution in [2.24, 2.45) is 11.8 Å². The molecule has 0 bridgehead atoms. The van der Waals surface area contributed by atoms with E-state index in [9.17, 15) is 15.0 Å². The number of carbonyl (C=O) groups is 1. The lowest BCUT2D eigenvalue weighted by Gasteiger charge is -2.48. The number of aromatic nitrogens is 2. The molecule has 1 saturated heterocycles. The Bertz CT molecular complexity index is 765. The minimum absolute atomic E-state index is 0.0539. The molecule has 3 atom stereocenters. The van der Waals surface area contributed by atoms with E-state index in [4.69, 9.17) is 0 Å². The van der Waals surface area contributed by atoms with E-state index in [2.05, 4.69) is 14.9 Å². The summed E-state index contributed by atoms with van der Waals surface area (Å²) in [6.07, 6.45) is 3.91. The highest BCUT2D eigenvalue weighted by Gasteiger charge is 2.56. The van der Waals surface area contributed by atoms with Gasteiger partial charge in [-0.3, -0.25) is 9.69 Å². The van der Waals surface area contributed by atoms with Gasteiger partial charge in [-0.05, 0) is 17.9 Å². The molecule has 0 amide bonds. The van der Waals surface area contributed by atoms with Crippen molar-refractivity contribution in [2.45, 2.75) is 18.4 Å². The minimum atomic E-state index is -0.668. The van der Waals surface area contributed by atoms with Crippen LogP contribution < -0.4 is 0 Å². The van der Waals surface area contributed by atoms with Crippen molar-refractivity contribution in [1.82, 2.24) is 14.9 Å². The van der Waals surface area contributed by atoms with Gasteiger partial charge >= 0.3 is 0 Å². The molecule has 2 N–H and O–H groups in total. The van der Waals surface area contributed by atoms with Crippen LogP contribution in [0.3, 0.4) is 0 Å². The third kappa shape index (κ3) is 3.15. The van der Waals surface area contributed by atoms with Crippen molar-refractivity contribution in [1.29, 1.82) is 0 Å². The fourth-order valence-electron chi connectivity index (χ4n) is 4.24. The van der Waals surface area contributed by atoms with Crippen molar-refractivity contribution in [3.05, 3.63) is 54.1 Å². The van der Waals surface area contributed by atoms with Crippen LogP contribution in [0.5, 0.6) is 5.75 Å². The molecule has 0 spiro atoms. The van der Waals surface area contributed by atoms with Gasteiger partial charge in [0.1, 0.15) is 0 Å². The number of likely N-dealkylation sites (tertiary alicyclic amines) is 1. The summed E-state index contributed by atoms with van der Waals surface area (Å²) >= 11 is 0. The number of rotatable bonds is 5. The maximum atomic E-state index is 12.3. The van der Waals surface area contributed by atoms with Crippen LogP contribution in [-0.4, -0.2) is 56.1 Å². The van der Waals surface area contributed by atoms with E-state index in [1.807, 2.05) is 30.3 Å². The number of benzene rings is 1. The van der Waals surface area contributed by atoms with Crippen LogP contribution in [0.4, 0.5) is 0 Å². The fraction of sp³-hybridized carbons (Fsp3) is 0.421. The lowest BCUT2D eigenvalue weighted by molar-refractivity contribution is -0.116. The number of aliphatic hydroxyl groups is 1. The van der Waals surface area contributed by atoms with E-state index in [1.54, 1.807) is 0 Å². The normalized spacial score (nSPS) is 28.4. The van der Waals surface area contributed by atoms with Crippen LogP contribution >= 0.6 is 0 Å². The predicted octanol–water partition coefficient (Wildman–Crippen LogP) is 1.29. The molecule has 0 radical (unpaired) electrons. The summed E-state index contributed by atoms with van der Waals surface area (Å²) in [6.45, 7) is 1.79. The number of Topliss-reactive ketones (excluding diaryl/α,β-unsaturated/α-hetero) is 1. The number of fused-ring (bicyclic) bond motifs is 1. The van der Waals surface area contributed by atoms with Crippen LogP contribution in [0.2, 0.25) is 0 Å². The first-order valence-electron chi connectivity index (χ1n) is 8.56. The second-order valence-corrected chi connectivity index (χ2v) is 7.22. The Morgan fingerprint density at radius 1 is 1.20 bits per heavy atom. The molecule has 6 heteroatoms. The number of nitrogens with zero attached hydrogens (tertiary/aromatic N) is 3. The number of aromatic hydroxyl groups is 1. The summed E-state index contributed by atoms with van der Waals surface area (Å²) < 4.78 is 0. The monoisotopic (exact) mass is 339 g/mol. The molecule has 2 aromatic rings. The Labute approximate surface area is 146 Å². The Hall–Kier alpha value is -2.31. The highest BCUT2D eigenvalue weighted by Crippen LogP contribution is 2.50. The van der Waals surface area contributed by atoms with Crippen molar-refractivity contribution < 1.29 is 15.0 Å². The second kappa shape index (κ2) is 6.20. The first-order chi connectivity index (χ1) is 12.0. The van der Waals surface area contributed by atoms with Gasteiger partial charge in [0.25, 0.3) is 0 Å². The van der Waals surface area contributed by atoms with E-state index in [0.29, 0.717) is 12.3 Å². The Morgan fingerprint density at radius 2 is 1.92 bits per heavy atom. The Kier molecular flexibility index (Phi) is 4.01. The number of ketones is 1. The molecule has 4 rings (SSSR count). The van der Waals surface area contributed by atoms with E-state index in [0.717, 1.165) is 25.1 Å². The molecule has 25 heavy (non-hydrogen) atoms. The number of carbonyl (C=O) groups excluding carboxylic acids is 1. The summed E-state index contributed by atoms with van der Waals surface area (Å²) in [5.74, 6) is 0.565. The zero-order valence-corrected chi connectivity index (χ0v) is 13.9. The molecule has 1 aliphatic carbocycles. The lowest BCUT2D eigenvalue weighted by Crippen LogP contribution is -2.55. The number of hydrogen-bond acceptors (Lipinski definition) is 6. The smallest absolute Gasteiger partial charge is 0.213 e. The summed E-state index contributed by atoms with van der Waals surface area (Å²) in [5, 5.41) is 20.2. The molecule has 0 unspecified atom stereocenters. The first-order valence-corrected chi connectivity index (χ1v) is 8.56. The standard InChI is InChI=1S/C19H21N3O3/c23-15-8-20-18(21-9-15)17(24)12-22-10-14-7-19(25,16(14)11-22)6-13-4-2-1-3-5-13/h1-5,8-9,14,16,23,25H,6-7,10-12H2/t14-,16+,19-/m1/s1. The minimum Gasteiger partial charge on any atom is -0.505 e. The van der Waals surface area contributed by atoms with E-state index in [1.165, 1.54) is 12.4 Å². The highest BCUT2D eigenvalue weighted by molar-refractivity contribution is 5.94. The average Bonchev–Trinajstić information content (AvgIpc) is 2.94. The van der Waals surface area contributed by atoms with Crippen LogP contribution in [0.1, 0.15) is 22.6 Å². The van der Waals surface area contributed by atoms with Gasteiger partial charge < -0.3 is 10.2 Å². The second-order valence-electron chi connectivity index (χ2n) is 7.22. The van der Waals surface area contributed by atoms with Crippen LogP contribution in [0.25, 0.3) is 0 Å². The van der Waals surface area contributed by atoms with Gasteiger partial charge in [0.05, 0.1) is 24.5 Å². The lowest BCUT2D eigenvalue weighted by atomic mass is 9.61. The van der Waals surface area contributed by atoms with Crippen LogP contribution in [0.15, 0.2) is 42.7 Å². The molecule has 2 fully saturated rings. The summed E-state index contributed by atoms with van der Waals surface area (Å²) in [7, 11) is 0. The molecular formula is C19H21N3O3. The predicted molar refractivity (Wildman–Crippen MR) is 91.2 cm³/mol. The zero-order valence-electron chi connectivity index (χ0n) is 13.9.